The van der Waals surface area contributed by atoms with E-state index in [4.69, 9.17) is 23.2 Å². The van der Waals surface area contributed by atoms with Gasteiger partial charge in [-0.05, 0) is 35.9 Å². The van der Waals surface area contributed by atoms with Crippen molar-refractivity contribution >= 4 is 40.7 Å². The normalized spacial score (nSPS) is 10.3. The molecule has 0 saturated carbocycles. The van der Waals surface area contributed by atoms with E-state index in [2.05, 4.69) is 5.32 Å². The third-order valence-corrected chi connectivity index (χ3v) is 3.80. The highest BCUT2D eigenvalue weighted by atomic mass is 35.5. The predicted molar refractivity (Wildman–Crippen MR) is 93.3 cm³/mol. The fourth-order valence-electron chi connectivity index (χ4n) is 1.91. The van der Waals surface area contributed by atoms with Crippen LogP contribution in [0.4, 0.5) is 5.69 Å². The molecule has 120 valence electrons. The van der Waals surface area contributed by atoms with Gasteiger partial charge in [0.05, 0.1) is 17.0 Å². The molecule has 0 saturated heterocycles. The largest absolute Gasteiger partial charge is 0.349 e. The molecule has 0 bridgehead atoms. The molecule has 0 heterocycles. The molecule has 6 heteroatoms. The van der Waals surface area contributed by atoms with Gasteiger partial charge in [-0.15, -0.1) is 0 Å². The fourth-order valence-corrected chi connectivity index (χ4v) is 2.28. The number of anilines is 1. The second kappa shape index (κ2) is 7.49. The summed E-state index contributed by atoms with van der Waals surface area (Å²) in [4.78, 5) is 25.4. The summed E-state index contributed by atoms with van der Waals surface area (Å²) in [6.45, 7) is 0. The molecule has 0 fully saturated rings. The highest BCUT2D eigenvalue weighted by Gasteiger charge is 2.12. The molecule has 0 aromatic heterocycles. The second-order valence-corrected chi connectivity index (χ2v) is 6.08. The average molecular weight is 351 g/mol. The smallest absolute Gasteiger partial charge is 0.257 e. The number of carbonyl (C=O) groups excluding carboxylic acids is 2. The quantitative estimate of drug-likeness (QED) is 0.909. The molecule has 2 aromatic carbocycles. The van der Waals surface area contributed by atoms with Crippen LogP contribution >= 0.6 is 23.2 Å². The Labute approximate surface area is 145 Å². The Morgan fingerprint density at radius 3 is 2.30 bits per heavy atom. The Balaban J connectivity index is 2.07. The third kappa shape index (κ3) is 4.71. The van der Waals surface area contributed by atoms with E-state index in [1.807, 2.05) is 0 Å². The first kappa shape index (κ1) is 17.3. The molecular formula is C17H16Cl2N2O2. The first-order chi connectivity index (χ1) is 10.9. The van der Waals surface area contributed by atoms with Crippen molar-refractivity contribution in [3.63, 3.8) is 0 Å². The van der Waals surface area contributed by atoms with Crippen molar-refractivity contribution in [2.75, 3.05) is 19.4 Å². The summed E-state index contributed by atoms with van der Waals surface area (Å²) < 4.78 is 0. The Morgan fingerprint density at radius 1 is 1.04 bits per heavy atom. The lowest BCUT2D eigenvalue weighted by Crippen LogP contribution is -2.23. The van der Waals surface area contributed by atoms with Gasteiger partial charge in [-0.2, -0.15) is 0 Å². The minimum Gasteiger partial charge on any atom is -0.349 e. The molecule has 0 aliphatic rings. The third-order valence-electron chi connectivity index (χ3n) is 3.24. The van der Waals surface area contributed by atoms with Crippen molar-refractivity contribution in [3.8, 4) is 0 Å². The Bertz CT molecular complexity index is 728. The summed E-state index contributed by atoms with van der Waals surface area (Å²) >= 11 is 11.9. The van der Waals surface area contributed by atoms with E-state index in [0.717, 1.165) is 5.56 Å². The van der Waals surface area contributed by atoms with Crippen LogP contribution in [0.15, 0.2) is 42.5 Å². The monoisotopic (exact) mass is 350 g/mol. The Morgan fingerprint density at radius 2 is 1.70 bits per heavy atom. The summed E-state index contributed by atoms with van der Waals surface area (Å²) in [5.41, 5.74) is 1.81. The molecule has 4 nitrogen and oxygen atoms in total. The van der Waals surface area contributed by atoms with Crippen molar-refractivity contribution in [1.29, 1.82) is 0 Å². The van der Waals surface area contributed by atoms with Crippen LogP contribution in [0.3, 0.4) is 0 Å². The summed E-state index contributed by atoms with van der Waals surface area (Å²) in [7, 11) is 3.43. The molecular weight excluding hydrogens is 335 g/mol. The van der Waals surface area contributed by atoms with E-state index in [-0.39, 0.29) is 11.8 Å². The fraction of sp³-hybridized carbons (Fsp3) is 0.176. The summed E-state index contributed by atoms with van der Waals surface area (Å²) in [6, 6.07) is 11.8. The molecule has 2 rings (SSSR count). The van der Waals surface area contributed by atoms with Crippen molar-refractivity contribution < 1.29 is 9.59 Å². The van der Waals surface area contributed by atoms with Gasteiger partial charge in [0.25, 0.3) is 5.91 Å². The summed E-state index contributed by atoms with van der Waals surface area (Å²) in [5.74, 6) is -0.317. The summed E-state index contributed by atoms with van der Waals surface area (Å²) in [5, 5.41) is 3.53. The van der Waals surface area contributed by atoms with E-state index >= 15 is 0 Å². The predicted octanol–water partition coefficient (Wildman–Crippen LogP) is 3.88. The molecule has 0 radical (unpaired) electrons. The average Bonchev–Trinajstić information content (AvgIpc) is 2.51. The van der Waals surface area contributed by atoms with E-state index in [1.54, 1.807) is 50.5 Å². The lowest BCUT2D eigenvalue weighted by atomic mass is 10.1. The first-order valence-electron chi connectivity index (χ1n) is 6.92. The van der Waals surface area contributed by atoms with Gasteiger partial charge in [-0.25, -0.2) is 0 Å². The van der Waals surface area contributed by atoms with Crippen molar-refractivity contribution in [2.45, 2.75) is 6.42 Å². The van der Waals surface area contributed by atoms with Crippen LogP contribution in [0.5, 0.6) is 0 Å². The molecule has 1 N–H and O–H groups in total. The standard InChI is InChI=1S/C17H16Cl2N2O2/c1-21(2)16(22)9-11-3-6-13(7-4-11)20-17(23)14-10-12(18)5-8-15(14)19/h3-8,10H,9H2,1-2H3,(H,20,23). The van der Waals surface area contributed by atoms with Gasteiger partial charge in [-0.3, -0.25) is 9.59 Å². The van der Waals surface area contributed by atoms with Gasteiger partial charge in [0.15, 0.2) is 0 Å². The lowest BCUT2D eigenvalue weighted by molar-refractivity contribution is -0.127. The summed E-state index contributed by atoms with van der Waals surface area (Å²) in [6.07, 6.45) is 0.321. The van der Waals surface area contributed by atoms with Crippen molar-refractivity contribution in [2.24, 2.45) is 0 Å². The molecule has 0 spiro atoms. The van der Waals surface area contributed by atoms with Crippen LogP contribution in [0, 0.1) is 0 Å². The minimum atomic E-state index is -0.338. The number of nitrogens with zero attached hydrogens (tertiary/aromatic N) is 1. The number of carbonyl (C=O) groups is 2. The van der Waals surface area contributed by atoms with Crippen LogP contribution in [0.25, 0.3) is 0 Å². The molecule has 0 atom stereocenters. The molecule has 2 aromatic rings. The molecule has 0 aliphatic heterocycles. The number of amides is 2. The van der Waals surface area contributed by atoms with Crippen LogP contribution in [-0.4, -0.2) is 30.8 Å². The van der Waals surface area contributed by atoms with E-state index < -0.39 is 0 Å². The molecule has 0 unspecified atom stereocenters. The zero-order valence-electron chi connectivity index (χ0n) is 12.8. The van der Waals surface area contributed by atoms with Gasteiger partial charge in [0, 0.05) is 24.8 Å². The Kier molecular flexibility index (Phi) is 5.64. The molecule has 0 aliphatic carbocycles. The van der Waals surface area contributed by atoms with Gasteiger partial charge in [0.1, 0.15) is 0 Å². The zero-order valence-corrected chi connectivity index (χ0v) is 14.3. The van der Waals surface area contributed by atoms with Crippen LogP contribution < -0.4 is 5.32 Å². The SMILES string of the molecule is CN(C)C(=O)Cc1ccc(NC(=O)c2cc(Cl)ccc2Cl)cc1. The topological polar surface area (TPSA) is 49.4 Å². The highest BCUT2D eigenvalue weighted by molar-refractivity contribution is 6.36. The second-order valence-electron chi connectivity index (χ2n) is 5.24. The van der Waals surface area contributed by atoms with Crippen LogP contribution in [0.1, 0.15) is 15.9 Å². The van der Waals surface area contributed by atoms with Crippen LogP contribution in [0.2, 0.25) is 10.0 Å². The number of halogens is 2. The maximum atomic E-state index is 12.2. The van der Waals surface area contributed by atoms with Gasteiger partial charge in [0.2, 0.25) is 5.91 Å². The first-order valence-corrected chi connectivity index (χ1v) is 7.68. The maximum Gasteiger partial charge on any atom is 0.257 e. The van der Waals surface area contributed by atoms with Gasteiger partial charge in [-0.1, -0.05) is 35.3 Å². The van der Waals surface area contributed by atoms with Crippen LogP contribution in [-0.2, 0) is 11.2 Å². The van der Waals surface area contributed by atoms with E-state index in [0.29, 0.717) is 27.7 Å². The van der Waals surface area contributed by atoms with E-state index in [1.165, 1.54) is 11.0 Å². The van der Waals surface area contributed by atoms with Gasteiger partial charge < -0.3 is 10.2 Å². The maximum absolute atomic E-state index is 12.2. The molecule has 2 amide bonds. The van der Waals surface area contributed by atoms with Crippen molar-refractivity contribution in [3.05, 3.63) is 63.6 Å². The van der Waals surface area contributed by atoms with Gasteiger partial charge >= 0.3 is 0 Å². The number of nitrogens with one attached hydrogen (secondary N) is 1. The Hall–Kier alpha value is -2.04. The number of benzene rings is 2. The minimum absolute atomic E-state index is 0.0208. The number of likely N-dealkylation sites (N-methyl/N-ethyl adjacent to an activating group) is 1. The highest BCUT2D eigenvalue weighted by Crippen LogP contribution is 2.22. The number of hydrogen-bond donors (Lipinski definition) is 1. The zero-order chi connectivity index (χ0) is 17.0. The van der Waals surface area contributed by atoms with Crippen molar-refractivity contribution in [1.82, 2.24) is 4.90 Å². The number of hydrogen-bond acceptors (Lipinski definition) is 2. The lowest BCUT2D eigenvalue weighted by Gasteiger charge is -2.11. The van der Waals surface area contributed by atoms with E-state index in [9.17, 15) is 9.59 Å². The number of rotatable bonds is 4. The molecule has 23 heavy (non-hydrogen) atoms.